The maximum Gasteiger partial charge on any atom is 0.265 e. The van der Waals surface area contributed by atoms with E-state index in [1.807, 2.05) is 54.6 Å². The summed E-state index contributed by atoms with van der Waals surface area (Å²) in [4.78, 5) is 12.4. The van der Waals surface area contributed by atoms with Crippen LogP contribution in [-0.2, 0) is 4.79 Å². The van der Waals surface area contributed by atoms with E-state index >= 15 is 0 Å². The van der Waals surface area contributed by atoms with Gasteiger partial charge >= 0.3 is 0 Å². The molecular formula is C20H23NO3. The van der Waals surface area contributed by atoms with Gasteiger partial charge < -0.3 is 14.8 Å². The average molecular weight is 325 g/mol. The minimum Gasteiger partial charge on any atom is -0.488 e. The Labute approximate surface area is 142 Å². The minimum atomic E-state index is -0.591. The quantitative estimate of drug-likeness (QED) is 0.855. The van der Waals surface area contributed by atoms with Gasteiger partial charge in [0.1, 0.15) is 11.5 Å². The molecule has 1 aliphatic carbocycles. The molecule has 4 heteroatoms. The second-order valence-corrected chi connectivity index (χ2v) is 6.08. The molecule has 4 nitrogen and oxygen atoms in total. The highest BCUT2D eigenvalue weighted by Crippen LogP contribution is 2.29. The number of amides is 1. The number of carbonyl (C=O) groups excluding carboxylic acids is 1. The predicted molar refractivity (Wildman–Crippen MR) is 94.5 cm³/mol. The summed E-state index contributed by atoms with van der Waals surface area (Å²) in [6.45, 7) is 1.74. The van der Waals surface area contributed by atoms with Crippen LogP contribution < -0.4 is 14.8 Å². The lowest BCUT2D eigenvalue weighted by Crippen LogP contribution is -2.30. The van der Waals surface area contributed by atoms with Crippen LogP contribution in [-0.4, -0.2) is 18.1 Å². The van der Waals surface area contributed by atoms with Crippen LogP contribution in [0.2, 0.25) is 0 Å². The second kappa shape index (κ2) is 7.86. The molecule has 1 N–H and O–H groups in total. The third kappa shape index (κ3) is 4.28. The molecule has 3 rings (SSSR count). The van der Waals surface area contributed by atoms with Gasteiger partial charge in [-0.05, 0) is 56.9 Å². The van der Waals surface area contributed by atoms with Gasteiger partial charge in [-0.15, -0.1) is 0 Å². The summed E-state index contributed by atoms with van der Waals surface area (Å²) >= 11 is 0. The lowest BCUT2D eigenvalue weighted by Gasteiger charge is -2.19. The van der Waals surface area contributed by atoms with E-state index in [-0.39, 0.29) is 12.0 Å². The lowest BCUT2D eigenvalue weighted by molar-refractivity contribution is -0.122. The Balaban J connectivity index is 1.63. The highest BCUT2D eigenvalue weighted by Gasteiger charge is 2.20. The first kappa shape index (κ1) is 16.4. The Hall–Kier alpha value is -2.49. The van der Waals surface area contributed by atoms with Crippen LogP contribution in [0.3, 0.4) is 0 Å². The molecule has 1 fully saturated rings. The molecule has 2 aromatic carbocycles. The van der Waals surface area contributed by atoms with E-state index in [9.17, 15) is 4.79 Å². The van der Waals surface area contributed by atoms with Gasteiger partial charge in [0, 0.05) is 0 Å². The van der Waals surface area contributed by atoms with Crippen molar-refractivity contribution in [2.24, 2.45) is 0 Å². The number of carbonyl (C=O) groups is 1. The monoisotopic (exact) mass is 325 g/mol. The van der Waals surface area contributed by atoms with Crippen LogP contribution in [0.15, 0.2) is 54.6 Å². The van der Waals surface area contributed by atoms with E-state index in [0.717, 1.165) is 18.6 Å². The van der Waals surface area contributed by atoms with Gasteiger partial charge in [-0.3, -0.25) is 4.79 Å². The first-order valence-corrected chi connectivity index (χ1v) is 8.50. The SMILES string of the molecule is CC(Oc1ccccc1)C(=O)Nc1ccccc1OC1CCCC1. The number of hydrogen-bond donors (Lipinski definition) is 1. The smallest absolute Gasteiger partial charge is 0.265 e. The summed E-state index contributed by atoms with van der Waals surface area (Å²) in [7, 11) is 0. The van der Waals surface area contributed by atoms with Crippen molar-refractivity contribution in [1.82, 2.24) is 0 Å². The van der Waals surface area contributed by atoms with Gasteiger partial charge in [-0.1, -0.05) is 30.3 Å². The van der Waals surface area contributed by atoms with E-state index < -0.39 is 6.10 Å². The van der Waals surface area contributed by atoms with Gasteiger partial charge in [-0.2, -0.15) is 0 Å². The third-order valence-corrected chi connectivity index (χ3v) is 4.17. The maximum atomic E-state index is 12.4. The van der Waals surface area contributed by atoms with Gasteiger partial charge in [0.05, 0.1) is 11.8 Å². The van der Waals surface area contributed by atoms with Crippen molar-refractivity contribution in [2.45, 2.75) is 44.8 Å². The van der Waals surface area contributed by atoms with Crippen LogP contribution in [0.25, 0.3) is 0 Å². The number of nitrogens with one attached hydrogen (secondary N) is 1. The zero-order chi connectivity index (χ0) is 16.8. The number of ether oxygens (including phenoxy) is 2. The minimum absolute atomic E-state index is 0.193. The van der Waals surface area contributed by atoms with E-state index in [4.69, 9.17) is 9.47 Å². The predicted octanol–water partition coefficient (Wildman–Crippen LogP) is 4.41. The van der Waals surface area contributed by atoms with Crippen molar-refractivity contribution in [3.63, 3.8) is 0 Å². The maximum absolute atomic E-state index is 12.4. The average Bonchev–Trinajstić information content (AvgIpc) is 3.10. The third-order valence-electron chi connectivity index (χ3n) is 4.17. The molecule has 2 aromatic rings. The van der Waals surface area contributed by atoms with Crippen LogP contribution >= 0.6 is 0 Å². The fraction of sp³-hybridized carbons (Fsp3) is 0.350. The van der Waals surface area contributed by atoms with Gasteiger partial charge in [0.2, 0.25) is 0 Å². The van der Waals surface area contributed by atoms with Crippen molar-refractivity contribution in [3.8, 4) is 11.5 Å². The topological polar surface area (TPSA) is 47.6 Å². The van der Waals surface area contributed by atoms with Crippen LogP contribution in [0.1, 0.15) is 32.6 Å². The number of rotatable bonds is 6. The number of para-hydroxylation sites is 3. The molecule has 1 unspecified atom stereocenters. The highest BCUT2D eigenvalue weighted by atomic mass is 16.5. The molecule has 1 aliphatic rings. The normalized spacial score (nSPS) is 15.7. The zero-order valence-electron chi connectivity index (χ0n) is 13.9. The highest BCUT2D eigenvalue weighted by molar-refractivity contribution is 5.95. The zero-order valence-corrected chi connectivity index (χ0v) is 13.9. The standard InChI is InChI=1S/C20H23NO3/c1-15(23-16-9-3-2-4-10-16)20(22)21-18-13-7-8-14-19(18)24-17-11-5-6-12-17/h2-4,7-10,13-15,17H,5-6,11-12H2,1H3,(H,21,22). The molecule has 1 saturated carbocycles. The second-order valence-electron chi connectivity index (χ2n) is 6.08. The first-order chi connectivity index (χ1) is 11.7. The number of hydrogen-bond acceptors (Lipinski definition) is 3. The van der Waals surface area contributed by atoms with Gasteiger partial charge in [0.25, 0.3) is 5.91 Å². The molecule has 0 radical (unpaired) electrons. The molecule has 0 bridgehead atoms. The van der Waals surface area contributed by atoms with Crippen molar-refractivity contribution in [1.29, 1.82) is 0 Å². The van der Waals surface area contributed by atoms with Gasteiger partial charge in [-0.25, -0.2) is 0 Å². The summed E-state index contributed by atoms with van der Waals surface area (Å²) in [5, 5.41) is 2.92. The number of benzene rings is 2. The van der Waals surface area contributed by atoms with Crippen molar-refractivity contribution < 1.29 is 14.3 Å². The van der Waals surface area contributed by atoms with E-state index in [1.165, 1.54) is 12.8 Å². The van der Waals surface area contributed by atoms with Crippen LogP contribution in [0.5, 0.6) is 11.5 Å². The van der Waals surface area contributed by atoms with Gasteiger partial charge in [0.15, 0.2) is 6.10 Å². The molecule has 0 aliphatic heterocycles. The fourth-order valence-electron chi connectivity index (χ4n) is 2.85. The fourth-order valence-corrected chi connectivity index (χ4v) is 2.85. The summed E-state index contributed by atoms with van der Waals surface area (Å²) in [6, 6.07) is 16.9. The molecule has 0 spiro atoms. The Kier molecular flexibility index (Phi) is 5.36. The Morgan fingerprint density at radius 1 is 1.04 bits per heavy atom. The molecule has 1 atom stereocenters. The summed E-state index contributed by atoms with van der Waals surface area (Å²) in [6.07, 6.45) is 4.24. The largest absolute Gasteiger partial charge is 0.488 e. The first-order valence-electron chi connectivity index (χ1n) is 8.50. The molecular weight excluding hydrogens is 302 g/mol. The van der Waals surface area contributed by atoms with Crippen molar-refractivity contribution in [2.75, 3.05) is 5.32 Å². The molecule has 1 amide bonds. The van der Waals surface area contributed by atoms with E-state index in [1.54, 1.807) is 6.92 Å². The Morgan fingerprint density at radius 2 is 1.71 bits per heavy atom. The summed E-state index contributed by atoms with van der Waals surface area (Å²) in [5.74, 6) is 1.21. The van der Waals surface area contributed by atoms with Crippen LogP contribution in [0, 0.1) is 0 Å². The molecule has 126 valence electrons. The number of anilines is 1. The van der Waals surface area contributed by atoms with Crippen molar-refractivity contribution in [3.05, 3.63) is 54.6 Å². The lowest BCUT2D eigenvalue weighted by atomic mass is 10.2. The summed E-state index contributed by atoms with van der Waals surface area (Å²) in [5.41, 5.74) is 0.693. The molecule has 24 heavy (non-hydrogen) atoms. The van der Waals surface area contributed by atoms with E-state index in [2.05, 4.69) is 5.32 Å². The molecule has 0 aromatic heterocycles. The van der Waals surface area contributed by atoms with Crippen molar-refractivity contribution >= 4 is 11.6 Å². The van der Waals surface area contributed by atoms with E-state index in [0.29, 0.717) is 11.4 Å². The summed E-state index contributed by atoms with van der Waals surface area (Å²) < 4.78 is 11.7. The molecule has 0 heterocycles. The van der Waals surface area contributed by atoms with Crippen LogP contribution in [0.4, 0.5) is 5.69 Å². The Bertz CT molecular complexity index is 666. The molecule has 0 saturated heterocycles. The Morgan fingerprint density at radius 3 is 2.46 bits per heavy atom.